The summed E-state index contributed by atoms with van der Waals surface area (Å²) in [6.07, 6.45) is 4.54. The summed E-state index contributed by atoms with van der Waals surface area (Å²) in [6.45, 7) is 4.97. The Morgan fingerprint density at radius 2 is 1.60 bits per heavy atom. The molecule has 2 amide bonds. The van der Waals surface area contributed by atoms with Gasteiger partial charge in [0.2, 0.25) is 5.75 Å². The second-order valence-electron chi connectivity index (χ2n) is 15.5. The number of alkyl carbamates (subject to hydrolysis) is 1. The number of benzene rings is 4. The minimum Gasteiger partial charge on any atom is -0.508 e. The lowest BCUT2D eigenvalue weighted by atomic mass is 9.89. The number of aromatic hydroxyl groups is 2. The van der Waals surface area contributed by atoms with Crippen molar-refractivity contribution in [3.05, 3.63) is 135 Å². The molecule has 19 heteroatoms. The summed E-state index contributed by atoms with van der Waals surface area (Å²) in [7, 11) is 6.10. The van der Waals surface area contributed by atoms with Crippen LogP contribution in [0.2, 0.25) is 0 Å². The molecule has 0 radical (unpaired) electrons. The molecule has 1 atom stereocenters. The van der Waals surface area contributed by atoms with Gasteiger partial charge in [-0.25, -0.2) is 24.0 Å². The van der Waals surface area contributed by atoms with E-state index < -0.39 is 17.9 Å². The van der Waals surface area contributed by atoms with Crippen LogP contribution in [0.1, 0.15) is 54.4 Å². The van der Waals surface area contributed by atoms with Gasteiger partial charge in [-0.1, -0.05) is 43.3 Å². The molecular formula is C48H51N7O12. The SMILES string of the molecule is COC1=CCC(c2cnoc2-c2cc(OC)c(OC)c(OC)c2)C=C1NC(=O)OCc1ccc(OC(=O)NCCNCc2ccc(-n3c(-c4cc(C(C)C)c(O)cc4O)n[nH]c3=O)cc2)cc1. The van der Waals surface area contributed by atoms with E-state index >= 15 is 0 Å². The fourth-order valence-corrected chi connectivity index (χ4v) is 7.44. The van der Waals surface area contributed by atoms with Gasteiger partial charge in [0, 0.05) is 42.7 Å². The number of aromatic nitrogens is 4. The largest absolute Gasteiger partial charge is 0.508 e. The molecule has 19 nitrogen and oxygen atoms in total. The Morgan fingerprint density at radius 3 is 2.27 bits per heavy atom. The van der Waals surface area contributed by atoms with E-state index in [1.807, 2.05) is 38.1 Å². The first-order chi connectivity index (χ1) is 32.4. The number of hydrogen-bond acceptors (Lipinski definition) is 15. The molecule has 1 unspecified atom stereocenters. The fraction of sp³-hybridized carbons (Fsp3) is 0.271. The summed E-state index contributed by atoms with van der Waals surface area (Å²) in [6, 6.07) is 20.2. The van der Waals surface area contributed by atoms with Crippen LogP contribution in [0.15, 0.2) is 112 Å². The molecule has 67 heavy (non-hydrogen) atoms. The lowest BCUT2D eigenvalue weighted by molar-refractivity contribution is 0.141. The predicted molar refractivity (Wildman–Crippen MR) is 245 cm³/mol. The van der Waals surface area contributed by atoms with Gasteiger partial charge < -0.3 is 53.8 Å². The van der Waals surface area contributed by atoms with Crippen LogP contribution in [0, 0.1) is 0 Å². The van der Waals surface area contributed by atoms with Crippen molar-refractivity contribution in [2.45, 2.75) is 45.3 Å². The average Bonchev–Trinajstić information content (AvgIpc) is 3.98. The Labute approximate surface area is 384 Å². The number of phenolic OH excluding ortho intramolecular Hbond substituents is 2. The number of H-pyrrole nitrogens is 1. The van der Waals surface area contributed by atoms with Crippen LogP contribution in [0.3, 0.4) is 0 Å². The molecule has 0 bridgehead atoms. The number of allylic oxidation sites excluding steroid dienone is 2. The number of phenols is 2. The summed E-state index contributed by atoms with van der Waals surface area (Å²) in [5, 5.41) is 40.2. The number of carbonyl (C=O) groups is 2. The van der Waals surface area contributed by atoms with Gasteiger partial charge in [0.1, 0.15) is 29.6 Å². The van der Waals surface area contributed by atoms with Crippen LogP contribution in [0.25, 0.3) is 28.4 Å². The van der Waals surface area contributed by atoms with Crippen LogP contribution in [0.4, 0.5) is 9.59 Å². The molecule has 0 aliphatic heterocycles. The molecule has 1 aliphatic carbocycles. The first kappa shape index (κ1) is 46.8. The number of rotatable bonds is 18. The third-order valence-electron chi connectivity index (χ3n) is 10.9. The molecular weight excluding hydrogens is 867 g/mol. The van der Waals surface area contributed by atoms with Crippen molar-refractivity contribution < 1.29 is 52.7 Å². The topological polar surface area (TPSA) is 243 Å². The van der Waals surface area contributed by atoms with Gasteiger partial charge >= 0.3 is 17.9 Å². The zero-order chi connectivity index (χ0) is 47.6. The van der Waals surface area contributed by atoms with Crippen molar-refractivity contribution in [3.8, 4) is 62.9 Å². The molecule has 6 N–H and O–H groups in total. The maximum absolute atomic E-state index is 13.0. The molecule has 0 spiro atoms. The van der Waals surface area contributed by atoms with Crippen molar-refractivity contribution in [1.82, 2.24) is 35.9 Å². The Kier molecular flexibility index (Phi) is 14.8. The number of methoxy groups -OCH3 is 4. The van der Waals surface area contributed by atoms with E-state index in [2.05, 4.69) is 31.3 Å². The van der Waals surface area contributed by atoms with Gasteiger partial charge in [-0.2, -0.15) is 5.10 Å². The average molecular weight is 918 g/mol. The van der Waals surface area contributed by atoms with Gasteiger partial charge in [-0.3, -0.25) is 5.32 Å². The van der Waals surface area contributed by atoms with Gasteiger partial charge in [0.25, 0.3) is 0 Å². The number of amides is 2. The minimum atomic E-state index is -0.705. The molecule has 1 aliphatic rings. The first-order valence-corrected chi connectivity index (χ1v) is 21.1. The number of hydrogen-bond donors (Lipinski definition) is 6. The third-order valence-corrected chi connectivity index (χ3v) is 10.9. The summed E-state index contributed by atoms with van der Waals surface area (Å²) in [4.78, 5) is 38.3. The molecule has 350 valence electrons. The van der Waals surface area contributed by atoms with Gasteiger partial charge in [-0.05, 0) is 83.6 Å². The highest BCUT2D eigenvalue weighted by Crippen LogP contribution is 2.44. The van der Waals surface area contributed by atoms with Gasteiger partial charge in [0.15, 0.2) is 23.1 Å². The molecule has 7 rings (SSSR count). The summed E-state index contributed by atoms with van der Waals surface area (Å²) in [5.41, 5.74) is 4.38. The van der Waals surface area contributed by atoms with E-state index in [-0.39, 0.29) is 42.3 Å². The van der Waals surface area contributed by atoms with Crippen molar-refractivity contribution in [2.24, 2.45) is 0 Å². The van der Waals surface area contributed by atoms with E-state index in [1.54, 1.807) is 60.8 Å². The standard InChI is InChI=1S/C48H51N7O12/c1-27(2)34-22-35(39(57)23-38(34)56)45-53-54-46(58)55(45)32-12-7-28(8-13-32)24-49-17-18-50-47(59)66-33-14-9-29(10-15-33)26-65-48(60)52-37-19-30(11-16-40(37)61-3)36-25-51-67-43(36)31-20-41(62-4)44(64-6)42(21-31)63-5/h7-10,12-16,19-23,25,27,30,49,56-57H,11,17-18,24,26H2,1-6H3,(H,50,59)(H,52,60)(H,54,58). The van der Waals surface area contributed by atoms with E-state index in [0.29, 0.717) is 87.7 Å². The van der Waals surface area contributed by atoms with Crippen LogP contribution < -0.4 is 40.6 Å². The predicted octanol–water partition coefficient (Wildman–Crippen LogP) is 7.15. The van der Waals surface area contributed by atoms with E-state index in [1.165, 1.54) is 39.1 Å². The highest BCUT2D eigenvalue weighted by Gasteiger charge is 2.27. The van der Waals surface area contributed by atoms with E-state index in [9.17, 15) is 24.6 Å². The Balaban J connectivity index is 0.855. The van der Waals surface area contributed by atoms with Crippen molar-refractivity contribution >= 4 is 12.2 Å². The van der Waals surface area contributed by atoms with Gasteiger partial charge in [0.05, 0.1) is 51.6 Å². The third kappa shape index (κ3) is 10.9. The highest BCUT2D eigenvalue weighted by molar-refractivity contribution is 5.73. The van der Waals surface area contributed by atoms with Crippen molar-refractivity contribution in [1.29, 1.82) is 0 Å². The zero-order valence-electron chi connectivity index (χ0n) is 37.7. The molecule has 0 fully saturated rings. The zero-order valence-corrected chi connectivity index (χ0v) is 37.7. The van der Waals surface area contributed by atoms with E-state index in [4.69, 9.17) is 32.9 Å². The highest BCUT2D eigenvalue weighted by atomic mass is 16.6. The quantitative estimate of drug-likeness (QED) is 0.0469. The molecule has 0 saturated heterocycles. The normalized spacial score (nSPS) is 13.3. The lowest BCUT2D eigenvalue weighted by Crippen LogP contribution is -2.33. The molecule has 2 heterocycles. The maximum atomic E-state index is 13.0. The van der Waals surface area contributed by atoms with Crippen LogP contribution in [-0.2, 0) is 22.6 Å². The number of aromatic amines is 1. The summed E-state index contributed by atoms with van der Waals surface area (Å²) < 4.78 is 40.0. The van der Waals surface area contributed by atoms with E-state index in [0.717, 1.165) is 11.1 Å². The number of ether oxygens (including phenoxy) is 6. The number of nitrogens with one attached hydrogen (secondary N) is 4. The van der Waals surface area contributed by atoms with Crippen LogP contribution in [0.5, 0.6) is 34.5 Å². The fourth-order valence-electron chi connectivity index (χ4n) is 7.44. The smallest absolute Gasteiger partial charge is 0.412 e. The van der Waals surface area contributed by atoms with Crippen molar-refractivity contribution in [3.63, 3.8) is 0 Å². The second-order valence-corrected chi connectivity index (χ2v) is 15.5. The van der Waals surface area contributed by atoms with Crippen molar-refractivity contribution in [2.75, 3.05) is 41.5 Å². The lowest BCUT2D eigenvalue weighted by Gasteiger charge is -2.21. The molecule has 4 aromatic carbocycles. The maximum Gasteiger partial charge on any atom is 0.412 e. The summed E-state index contributed by atoms with van der Waals surface area (Å²) >= 11 is 0. The number of nitrogens with zero attached hydrogens (tertiary/aromatic N) is 3. The molecule has 2 aromatic heterocycles. The summed E-state index contributed by atoms with van der Waals surface area (Å²) in [5.74, 6) is 2.31. The molecule has 6 aromatic rings. The monoisotopic (exact) mass is 917 g/mol. The first-order valence-electron chi connectivity index (χ1n) is 21.1. The second kappa shape index (κ2) is 21.2. The van der Waals surface area contributed by atoms with Crippen LogP contribution in [-0.4, -0.2) is 83.8 Å². The Bertz CT molecular complexity index is 2800. The van der Waals surface area contributed by atoms with Gasteiger partial charge in [-0.15, -0.1) is 0 Å². The Hall–Kier alpha value is -8.19. The minimum absolute atomic E-state index is 0.0276. The number of carbonyl (C=O) groups excluding carboxylic acids is 2. The molecule has 0 saturated carbocycles. The Morgan fingerprint density at radius 1 is 0.881 bits per heavy atom. The van der Waals surface area contributed by atoms with Crippen LogP contribution >= 0.6 is 0 Å².